The smallest absolute Gasteiger partial charge is 0.238 e. The summed E-state index contributed by atoms with van der Waals surface area (Å²) in [6.07, 6.45) is 0. The molecule has 0 heterocycles. The Morgan fingerprint density at radius 2 is 1.58 bits per heavy atom. The molecule has 24 heavy (non-hydrogen) atoms. The van der Waals surface area contributed by atoms with Gasteiger partial charge in [-0.15, -0.1) is 0 Å². The number of nitrogens with one attached hydrogen (secondary N) is 2. The van der Waals surface area contributed by atoms with Crippen LogP contribution in [0.25, 0.3) is 0 Å². The zero-order valence-electron chi connectivity index (χ0n) is 13.8. The highest BCUT2D eigenvalue weighted by Gasteiger charge is 2.17. The van der Waals surface area contributed by atoms with Crippen LogP contribution < -0.4 is 15.8 Å². The molecule has 0 aliphatic carbocycles. The Balaban J connectivity index is 2.12. The van der Waals surface area contributed by atoms with Crippen molar-refractivity contribution in [3.63, 3.8) is 0 Å². The van der Waals surface area contributed by atoms with Crippen molar-refractivity contribution in [2.24, 2.45) is 5.14 Å². The standard InChI is InChI=1S/C17H21N3O2S2/c1-17(2,3)14-6-4-5-7-15(14)20-16(23)19-12-8-10-13(11-9-12)24(18,21)22/h4-11H,1-3H3,(H2,18,21,22)(H2,19,20,23). The number of thiocarbonyl (C=S) groups is 1. The Hall–Kier alpha value is -1.96. The quantitative estimate of drug-likeness (QED) is 0.728. The molecule has 5 nitrogen and oxygen atoms in total. The van der Waals surface area contributed by atoms with Gasteiger partial charge in [-0.25, -0.2) is 13.6 Å². The van der Waals surface area contributed by atoms with Crippen molar-refractivity contribution >= 4 is 38.7 Å². The van der Waals surface area contributed by atoms with Crippen molar-refractivity contribution in [2.45, 2.75) is 31.1 Å². The van der Waals surface area contributed by atoms with Crippen molar-refractivity contribution in [2.75, 3.05) is 10.6 Å². The molecule has 0 aliphatic heterocycles. The maximum atomic E-state index is 11.3. The number of sulfonamides is 1. The van der Waals surface area contributed by atoms with E-state index in [1.54, 1.807) is 12.1 Å². The molecule has 0 unspecified atom stereocenters. The van der Waals surface area contributed by atoms with Crippen molar-refractivity contribution in [3.8, 4) is 0 Å². The fraction of sp³-hybridized carbons (Fsp3) is 0.235. The van der Waals surface area contributed by atoms with Gasteiger partial charge in [-0.05, 0) is 53.5 Å². The van der Waals surface area contributed by atoms with Gasteiger partial charge in [0, 0.05) is 11.4 Å². The van der Waals surface area contributed by atoms with Gasteiger partial charge in [-0.1, -0.05) is 39.0 Å². The molecule has 0 saturated carbocycles. The van der Waals surface area contributed by atoms with Crippen LogP contribution in [0.4, 0.5) is 11.4 Å². The minimum absolute atomic E-state index is 0.0175. The monoisotopic (exact) mass is 363 g/mol. The van der Waals surface area contributed by atoms with Gasteiger partial charge in [-0.3, -0.25) is 0 Å². The average molecular weight is 364 g/mol. The predicted octanol–water partition coefficient (Wildman–Crippen LogP) is 3.44. The van der Waals surface area contributed by atoms with E-state index in [0.717, 1.165) is 11.3 Å². The fourth-order valence-corrected chi connectivity index (χ4v) is 3.00. The minimum Gasteiger partial charge on any atom is -0.332 e. The third kappa shape index (κ3) is 4.77. The molecule has 2 aromatic rings. The van der Waals surface area contributed by atoms with E-state index in [9.17, 15) is 8.42 Å². The molecule has 0 aromatic heterocycles. The van der Waals surface area contributed by atoms with E-state index in [4.69, 9.17) is 17.4 Å². The van der Waals surface area contributed by atoms with Gasteiger partial charge in [0.05, 0.1) is 4.90 Å². The Labute approximate surface area is 148 Å². The van der Waals surface area contributed by atoms with Gasteiger partial charge in [0.15, 0.2) is 5.11 Å². The van der Waals surface area contributed by atoms with E-state index in [1.165, 1.54) is 12.1 Å². The number of hydrogen-bond acceptors (Lipinski definition) is 3. The third-order valence-corrected chi connectivity index (χ3v) is 4.56. The molecular formula is C17H21N3O2S2. The lowest BCUT2D eigenvalue weighted by molar-refractivity contribution is 0.592. The molecular weight excluding hydrogens is 342 g/mol. The van der Waals surface area contributed by atoms with Gasteiger partial charge in [0.1, 0.15) is 0 Å². The molecule has 0 atom stereocenters. The second-order valence-electron chi connectivity index (χ2n) is 6.44. The lowest BCUT2D eigenvalue weighted by Gasteiger charge is -2.23. The SMILES string of the molecule is CC(C)(C)c1ccccc1NC(=S)Nc1ccc(S(N)(=O)=O)cc1. The predicted molar refractivity (Wildman–Crippen MR) is 103 cm³/mol. The Bertz CT molecular complexity index is 839. The lowest BCUT2D eigenvalue weighted by atomic mass is 9.86. The van der Waals surface area contributed by atoms with E-state index in [2.05, 4.69) is 37.5 Å². The fourth-order valence-electron chi connectivity index (χ4n) is 2.26. The maximum absolute atomic E-state index is 11.3. The van der Waals surface area contributed by atoms with E-state index >= 15 is 0 Å². The van der Waals surface area contributed by atoms with Crippen LogP contribution in [0.1, 0.15) is 26.3 Å². The first kappa shape index (κ1) is 18.4. The summed E-state index contributed by atoms with van der Waals surface area (Å²) in [7, 11) is -3.69. The summed E-state index contributed by atoms with van der Waals surface area (Å²) in [5, 5.41) is 11.7. The molecule has 0 radical (unpaired) electrons. The van der Waals surface area contributed by atoms with Crippen molar-refractivity contribution in [1.82, 2.24) is 0 Å². The first-order valence-electron chi connectivity index (χ1n) is 7.38. The summed E-state index contributed by atoms with van der Waals surface area (Å²) in [4.78, 5) is 0.0602. The van der Waals surface area contributed by atoms with Crippen LogP contribution in [0.2, 0.25) is 0 Å². The number of para-hydroxylation sites is 1. The van der Waals surface area contributed by atoms with Crippen molar-refractivity contribution in [3.05, 3.63) is 54.1 Å². The topological polar surface area (TPSA) is 84.2 Å². The Morgan fingerprint density at radius 1 is 1.00 bits per heavy atom. The van der Waals surface area contributed by atoms with Crippen LogP contribution in [0.15, 0.2) is 53.4 Å². The molecule has 0 fully saturated rings. The molecule has 0 saturated heterocycles. The van der Waals surface area contributed by atoms with Crippen LogP contribution in [0.3, 0.4) is 0 Å². The number of primary sulfonamides is 1. The van der Waals surface area contributed by atoms with E-state index in [0.29, 0.717) is 10.8 Å². The van der Waals surface area contributed by atoms with Gasteiger partial charge >= 0.3 is 0 Å². The van der Waals surface area contributed by atoms with Crippen LogP contribution in [-0.2, 0) is 15.4 Å². The largest absolute Gasteiger partial charge is 0.332 e. The van der Waals surface area contributed by atoms with Crippen LogP contribution in [-0.4, -0.2) is 13.5 Å². The van der Waals surface area contributed by atoms with Gasteiger partial charge < -0.3 is 10.6 Å². The molecule has 0 spiro atoms. The Kier molecular flexibility index (Phi) is 5.27. The van der Waals surface area contributed by atoms with Crippen molar-refractivity contribution in [1.29, 1.82) is 0 Å². The zero-order chi connectivity index (χ0) is 18.0. The van der Waals surface area contributed by atoms with Gasteiger partial charge in [-0.2, -0.15) is 0 Å². The summed E-state index contributed by atoms with van der Waals surface area (Å²) < 4.78 is 22.5. The highest BCUT2D eigenvalue weighted by atomic mass is 32.2. The number of benzene rings is 2. The first-order valence-corrected chi connectivity index (χ1v) is 9.33. The number of anilines is 2. The first-order chi connectivity index (χ1) is 11.1. The molecule has 128 valence electrons. The third-order valence-electron chi connectivity index (χ3n) is 3.42. The molecule has 2 rings (SSSR count). The second kappa shape index (κ2) is 6.88. The summed E-state index contributed by atoms with van der Waals surface area (Å²) in [5.74, 6) is 0. The van der Waals surface area contributed by atoms with E-state index in [-0.39, 0.29) is 10.3 Å². The Morgan fingerprint density at radius 3 is 2.12 bits per heavy atom. The number of hydrogen-bond donors (Lipinski definition) is 3. The van der Waals surface area contributed by atoms with Gasteiger partial charge in [0.25, 0.3) is 0 Å². The molecule has 2 aromatic carbocycles. The molecule has 4 N–H and O–H groups in total. The molecule has 0 aliphatic rings. The minimum atomic E-state index is -3.69. The summed E-state index contributed by atoms with van der Waals surface area (Å²) in [5.41, 5.74) is 2.74. The number of rotatable bonds is 3. The molecule has 7 heteroatoms. The molecule has 0 amide bonds. The van der Waals surface area contributed by atoms with Crippen LogP contribution >= 0.6 is 12.2 Å². The summed E-state index contributed by atoms with van der Waals surface area (Å²) in [6, 6.07) is 14.1. The lowest BCUT2D eigenvalue weighted by Crippen LogP contribution is -2.22. The maximum Gasteiger partial charge on any atom is 0.238 e. The van der Waals surface area contributed by atoms with E-state index < -0.39 is 10.0 Å². The second-order valence-corrected chi connectivity index (χ2v) is 8.41. The van der Waals surface area contributed by atoms with Crippen molar-refractivity contribution < 1.29 is 8.42 Å². The molecule has 0 bridgehead atoms. The highest BCUT2D eigenvalue weighted by molar-refractivity contribution is 7.89. The van der Waals surface area contributed by atoms with Gasteiger partial charge in [0.2, 0.25) is 10.0 Å². The zero-order valence-corrected chi connectivity index (χ0v) is 15.5. The van der Waals surface area contributed by atoms with Crippen LogP contribution in [0, 0.1) is 0 Å². The van der Waals surface area contributed by atoms with Crippen LogP contribution in [0.5, 0.6) is 0 Å². The summed E-state index contributed by atoms with van der Waals surface area (Å²) >= 11 is 5.34. The average Bonchev–Trinajstić information content (AvgIpc) is 2.46. The highest BCUT2D eigenvalue weighted by Crippen LogP contribution is 2.29. The summed E-state index contributed by atoms with van der Waals surface area (Å²) in [6.45, 7) is 6.40. The number of nitrogens with two attached hydrogens (primary N) is 1. The van der Waals surface area contributed by atoms with E-state index in [1.807, 2.05) is 18.2 Å². The normalized spacial score (nSPS) is 11.8.